The van der Waals surface area contributed by atoms with Crippen molar-refractivity contribution in [3.8, 4) is 0 Å². The molecule has 0 saturated heterocycles. The van der Waals surface area contributed by atoms with Gasteiger partial charge in [-0.3, -0.25) is 0 Å². The van der Waals surface area contributed by atoms with Crippen molar-refractivity contribution in [2.75, 3.05) is 11.9 Å². The van der Waals surface area contributed by atoms with E-state index in [4.69, 9.17) is 11.6 Å². The predicted molar refractivity (Wildman–Crippen MR) is 60.7 cm³/mol. The average molecular weight is 293 g/mol. The minimum absolute atomic E-state index is 0.0447. The summed E-state index contributed by atoms with van der Waals surface area (Å²) in [5, 5.41) is 6.06. The fraction of sp³-hybridized carbons (Fsp3) is 0.300. The standard InChI is InChI=1S/C10H8ClF3N4O/c11-7-3-6(10(12,13)14)4-9(17-7)15-2-1-8-16-5-19-18-8/h3-5H,1-2H2,(H,15,17). The molecule has 0 fully saturated rings. The lowest BCUT2D eigenvalue weighted by Crippen LogP contribution is -2.10. The van der Waals surface area contributed by atoms with Crippen molar-refractivity contribution in [2.24, 2.45) is 0 Å². The minimum Gasteiger partial charge on any atom is -0.370 e. The van der Waals surface area contributed by atoms with Gasteiger partial charge in [-0.1, -0.05) is 16.8 Å². The highest BCUT2D eigenvalue weighted by atomic mass is 35.5. The van der Waals surface area contributed by atoms with Crippen LogP contribution >= 0.6 is 11.6 Å². The van der Waals surface area contributed by atoms with Crippen molar-refractivity contribution in [1.29, 1.82) is 0 Å². The van der Waals surface area contributed by atoms with Gasteiger partial charge in [0.2, 0.25) is 6.39 Å². The van der Waals surface area contributed by atoms with Crippen LogP contribution in [0.15, 0.2) is 23.0 Å². The number of nitrogens with one attached hydrogen (secondary N) is 1. The maximum Gasteiger partial charge on any atom is 0.416 e. The molecule has 0 aliphatic rings. The van der Waals surface area contributed by atoms with Crippen LogP contribution in [0.5, 0.6) is 0 Å². The molecule has 2 aromatic heterocycles. The summed E-state index contributed by atoms with van der Waals surface area (Å²) in [6, 6.07) is 1.66. The maximum absolute atomic E-state index is 12.5. The molecule has 0 amide bonds. The molecule has 0 aromatic carbocycles. The lowest BCUT2D eigenvalue weighted by Gasteiger charge is -2.10. The number of rotatable bonds is 4. The second-order valence-electron chi connectivity index (χ2n) is 3.59. The third kappa shape index (κ3) is 3.82. The van der Waals surface area contributed by atoms with E-state index in [9.17, 15) is 13.2 Å². The number of nitrogens with zero attached hydrogens (tertiary/aromatic N) is 3. The molecule has 0 aliphatic heterocycles. The summed E-state index contributed by atoms with van der Waals surface area (Å²) in [6.45, 7) is 0.310. The molecular formula is C10H8ClF3N4O. The predicted octanol–water partition coefficient (Wildman–Crippen LogP) is 2.79. The Kier molecular flexibility index (Phi) is 3.89. The van der Waals surface area contributed by atoms with E-state index in [1.807, 2.05) is 0 Å². The second kappa shape index (κ2) is 5.43. The van der Waals surface area contributed by atoms with Gasteiger partial charge in [0.15, 0.2) is 5.82 Å². The minimum atomic E-state index is -4.46. The van der Waals surface area contributed by atoms with Crippen LogP contribution in [-0.4, -0.2) is 21.7 Å². The van der Waals surface area contributed by atoms with Gasteiger partial charge in [-0.05, 0) is 12.1 Å². The number of hydrogen-bond acceptors (Lipinski definition) is 5. The normalized spacial score (nSPS) is 11.6. The molecule has 2 rings (SSSR count). The van der Waals surface area contributed by atoms with Crippen molar-refractivity contribution in [2.45, 2.75) is 12.6 Å². The Balaban J connectivity index is 2.02. The fourth-order valence-electron chi connectivity index (χ4n) is 1.36. The van der Waals surface area contributed by atoms with Crippen molar-refractivity contribution >= 4 is 17.4 Å². The second-order valence-corrected chi connectivity index (χ2v) is 3.97. The van der Waals surface area contributed by atoms with Crippen LogP contribution in [-0.2, 0) is 12.6 Å². The Hall–Kier alpha value is -1.83. The first kappa shape index (κ1) is 13.6. The molecule has 5 nitrogen and oxygen atoms in total. The molecule has 0 atom stereocenters. The molecule has 0 unspecified atom stereocenters. The van der Waals surface area contributed by atoms with Crippen LogP contribution in [0.4, 0.5) is 19.0 Å². The number of pyridine rings is 1. The molecule has 19 heavy (non-hydrogen) atoms. The van der Waals surface area contributed by atoms with Gasteiger partial charge in [0.25, 0.3) is 0 Å². The molecule has 9 heteroatoms. The molecule has 0 aliphatic carbocycles. The monoisotopic (exact) mass is 292 g/mol. The van der Waals surface area contributed by atoms with Gasteiger partial charge in [-0.2, -0.15) is 18.2 Å². The van der Waals surface area contributed by atoms with Gasteiger partial charge < -0.3 is 9.84 Å². The molecular weight excluding hydrogens is 285 g/mol. The van der Waals surface area contributed by atoms with E-state index >= 15 is 0 Å². The molecule has 2 aromatic rings. The van der Waals surface area contributed by atoms with Gasteiger partial charge in [0, 0.05) is 13.0 Å². The quantitative estimate of drug-likeness (QED) is 0.878. The van der Waals surface area contributed by atoms with E-state index in [0.29, 0.717) is 18.8 Å². The molecule has 0 spiro atoms. The van der Waals surface area contributed by atoms with Gasteiger partial charge in [0.05, 0.1) is 5.56 Å². The first-order valence-electron chi connectivity index (χ1n) is 5.19. The van der Waals surface area contributed by atoms with Crippen molar-refractivity contribution in [1.82, 2.24) is 15.1 Å². The maximum atomic E-state index is 12.5. The van der Waals surface area contributed by atoms with Gasteiger partial charge in [-0.15, -0.1) is 0 Å². The SMILES string of the molecule is FC(F)(F)c1cc(Cl)nc(NCCc2ncon2)c1. The number of alkyl halides is 3. The Morgan fingerprint density at radius 3 is 2.74 bits per heavy atom. The van der Waals surface area contributed by atoms with Gasteiger partial charge in [-0.25, -0.2) is 4.98 Å². The number of anilines is 1. The smallest absolute Gasteiger partial charge is 0.370 e. The van der Waals surface area contributed by atoms with Gasteiger partial charge >= 0.3 is 6.18 Å². The molecule has 102 valence electrons. The summed E-state index contributed by atoms with van der Waals surface area (Å²) in [4.78, 5) is 7.53. The summed E-state index contributed by atoms with van der Waals surface area (Å²) in [5.41, 5.74) is -0.852. The van der Waals surface area contributed by atoms with E-state index < -0.39 is 11.7 Å². The zero-order valence-electron chi connectivity index (χ0n) is 9.41. The highest BCUT2D eigenvalue weighted by molar-refractivity contribution is 6.29. The van der Waals surface area contributed by atoms with Crippen molar-refractivity contribution < 1.29 is 17.7 Å². The lowest BCUT2D eigenvalue weighted by molar-refractivity contribution is -0.137. The number of aromatic nitrogens is 3. The van der Waals surface area contributed by atoms with E-state index in [0.717, 1.165) is 12.1 Å². The molecule has 2 heterocycles. The Morgan fingerprint density at radius 1 is 1.32 bits per heavy atom. The van der Waals surface area contributed by atoms with Crippen LogP contribution in [0.25, 0.3) is 0 Å². The highest BCUT2D eigenvalue weighted by Gasteiger charge is 2.31. The van der Waals surface area contributed by atoms with Crippen molar-refractivity contribution in [3.63, 3.8) is 0 Å². The summed E-state index contributed by atoms with van der Waals surface area (Å²) < 4.78 is 42.2. The largest absolute Gasteiger partial charge is 0.416 e. The molecule has 1 N–H and O–H groups in total. The van der Waals surface area contributed by atoms with Crippen LogP contribution in [0.3, 0.4) is 0 Å². The Labute approximate surface area is 110 Å². The topological polar surface area (TPSA) is 63.8 Å². The Morgan fingerprint density at radius 2 is 2.11 bits per heavy atom. The van der Waals surface area contributed by atoms with E-state index in [1.165, 1.54) is 6.39 Å². The summed E-state index contributed by atoms with van der Waals surface area (Å²) in [7, 11) is 0. The highest BCUT2D eigenvalue weighted by Crippen LogP contribution is 2.31. The molecule has 0 bridgehead atoms. The molecule has 0 saturated carbocycles. The van der Waals surface area contributed by atoms with E-state index in [1.54, 1.807) is 0 Å². The number of halogens is 4. The third-order valence-electron chi connectivity index (χ3n) is 2.18. The first-order chi connectivity index (χ1) is 8.95. The average Bonchev–Trinajstić information content (AvgIpc) is 2.80. The van der Waals surface area contributed by atoms with E-state index in [-0.39, 0.29) is 11.0 Å². The zero-order valence-corrected chi connectivity index (χ0v) is 10.2. The van der Waals surface area contributed by atoms with Crippen LogP contribution in [0.2, 0.25) is 5.15 Å². The fourth-order valence-corrected chi connectivity index (χ4v) is 1.56. The van der Waals surface area contributed by atoms with Crippen molar-refractivity contribution in [3.05, 3.63) is 35.1 Å². The summed E-state index contributed by atoms with van der Waals surface area (Å²) >= 11 is 5.54. The van der Waals surface area contributed by atoms with Crippen LogP contribution < -0.4 is 5.32 Å². The Bertz CT molecular complexity index is 544. The summed E-state index contributed by atoms with van der Waals surface area (Å²) in [5.74, 6) is 0.494. The first-order valence-corrected chi connectivity index (χ1v) is 5.57. The lowest BCUT2D eigenvalue weighted by atomic mass is 10.2. The van der Waals surface area contributed by atoms with Crippen LogP contribution in [0, 0.1) is 0 Å². The third-order valence-corrected chi connectivity index (χ3v) is 2.38. The number of hydrogen-bond donors (Lipinski definition) is 1. The molecule has 0 radical (unpaired) electrons. The summed E-state index contributed by atoms with van der Waals surface area (Å²) in [6.07, 6.45) is -2.89. The zero-order chi connectivity index (χ0) is 13.9. The van der Waals surface area contributed by atoms with Crippen LogP contribution in [0.1, 0.15) is 11.4 Å². The van der Waals surface area contributed by atoms with E-state index in [2.05, 4.69) is 25.0 Å². The van der Waals surface area contributed by atoms with Gasteiger partial charge in [0.1, 0.15) is 11.0 Å².